The molecule has 1 rings (SSSR count). The van der Waals surface area contributed by atoms with Crippen LogP contribution in [0.5, 0.6) is 0 Å². The number of aromatic nitrogens is 2. The van der Waals surface area contributed by atoms with Gasteiger partial charge in [0.15, 0.2) is 0 Å². The van der Waals surface area contributed by atoms with Gasteiger partial charge in [-0.3, -0.25) is 14.8 Å². The first kappa shape index (κ1) is 10.6. The van der Waals surface area contributed by atoms with Crippen molar-refractivity contribution in [3.63, 3.8) is 0 Å². The number of nitrogens with one attached hydrogen (secondary N) is 1. The van der Waals surface area contributed by atoms with E-state index in [1.807, 2.05) is 6.92 Å². The summed E-state index contributed by atoms with van der Waals surface area (Å²) in [7, 11) is 0. The monoisotopic (exact) mass is 194 g/mol. The summed E-state index contributed by atoms with van der Waals surface area (Å²) in [4.78, 5) is 19.2. The van der Waals surface area contributed by atoms with Gasteiger partial charge in [0.1, 0.15) is 0 Å². The first-order chi connectivity index (χ1) is 6.61. The van der Waals surface area contributed by atoms with Gasteiger partial charge in [-0.1, -0.05) is 0 Å². The molecule has 14 heavy (non-hydrogen) atoms. The smallest absolute Gasteiger partial charge is 0.237 e. The van der Waals surface area contributed by atoms with Gasteiger partial charge in [0.25, 0.3) is 0 Å². The Morgan fingerprint density at radius 3 is 2.71 bits per heavy atom. The lowest BCUT2D eigenvalue weighted by atomic mass is 10.2. The highest BCUT2D eigenvalue weighted by Crippen LogP contribution is 2.05. The van der Waals surface area contributed by atoms with E-state index in [-0.39, 0.29) is 11.9 Å². The average Bonchev–Trinajstić information content (AvgIpc) is 2.19. The van der Waals surface area contributed by atoms with Crippen LogP contribution in [-0.4, -0.2) is 21.9 Å². The topological polar surface area (TPSA) is 80.9 Å². The van der Waals surface area contributed by atoms with Crippen LogP contribution in [0.2, 0.25) is 0 Å². The Morgan fingerprint density at radius 1 is 1.50 bits per heavy atom. The van der Waals surface area contributed by atoms with Crippen LogP contribution in [0.1, 0.15) is 25.6 Å². The molecule has 5 nitrogen and oxygen atoms in total. The number of rotatable bonds is 3. The van der Waals surface area contributed by atoms with Crippen LogP contribution < -0.4 is 11.1 Å². The molecule has 0 saturated heterocycles. The fourth-order valence-corrected chi connectivity index (χ4v) is 0.953. The van der Waals surface area contributed by atoms with Crippen molar-refractivity contribution in [2.75, 3.05) is 0 Å². The molecule has 76 valence electrons. The summed E-state index contributed by atoms with van der Waals surface area (Å²) in [6, 6.07) is -0.670. The van der Waals surface area contributed by atoms with Gasteiger partial charge in [-0.2, -0.15) is 0 Å². The second kappa shape index (κ2) is 4.66. The second-order valence-corrected chi connectivity index (χ2v) is 3.15. The first-order valence-corrected chi connectivity index (χ1v) is 4.43. The van der Waals surface area contributed by atoms with Crippen LogP contribution in [0.25, 0.3) is 0 Å². The molecule has 3 N–H and O–H groups in total. The summed E-state index contributed by atoms with van der Waals surface area (Å²) in [5.41, 5.74) is 6.14. The third kappa shape index (κ3) is 2.77. The maximum absolute atomic E-state index is 11.2. The standard InChI is InChI=1S/C9H14N4O/c1-6(10)9(14)13-7(2)8-5-11-3-4-12-8/h3-7H,10H2,1-2H3,(H,13,14). The lowest BCUT2D eigenvalue weighted by Crippen LogP contribution is -2.39. The lowest BCUT2D eigenvalue weighted by molar-refractivity contribution is -0.122. The zero-order valence-electron chi connectivity index (χ0n) is 8.27. The van der Waals surface area contributed by atoms with Crippen molar-refractivity contribution in [3.8, 4) is 0 Å². The van der Waals surface area contributed by atoms with Crippen molar-refractivity contribution in [2.45, 2.75) is 25.9 Å². The molecule has 2 atom stereocenters. The molecule has 0 aromatic carbocycles. The number of hydrogen-bond acceptors (Lipinski definition) is 4. The molecule has 0 aliphatic rings. The van der Waals surface area contributed by atoms with Gasteiger partial charge in [-0.15, -0.1) is 0 Å². The van der Waals surface area contributed by atoms with E-state index < -0.39 is 6.04 Å². The summed E-state index contributed by atoms with van der Waals surface area (Å²) in [5, 5.41) is 2.73. The van der Waals surface area contributed by atoms with E-state index in [1.54, 1.807) is 25.5 Å². The van der Waals surface area contributed by atoms with Crippen LogP contribution in [0, 0.1) is 0 Å². The van der Waals surface area contributed by atoms with Gasteiger partial charge in [-0.25, -0.2) is 0 Å². The fourth-order valence-electron chi connectivity index (χ4n) is 0.953. The van der Waals surface area contributed by atoms with E-state index in [0.29, 0.717) is 0 Å². The molecular weight excluding hydrogens is 180 g/mol. The summed E-state index contributed by atoms with van der Waals surface area (Å²) >= 11 is 0. The van der Waals surface area contributed by atoms with Crippen molar-refractivity contribution < 1.29 is 4.79 Å². The Labute approximate surface area is 82.7 Å². The molecule has 1 aromatic rings. The number of nitrogens with two attached hydrogens (primary N) is 1. The Bertz CT molecular complexity index is 299. The third-order valence-electron chi connectivity index (χ3n) is 1.80. The van der Waals surface area contributed by atoms with Crippen LogP contribution >= 0.6 is 0 Å². The summed E-state index contributed by atoms with van der Waals surface area (Å²) < 4.78 is 0. The second-order valence-electron chi connectivity index (χ2n) is 3.15. The number of carbonyl (C=O) groups excluding carboxylic acids is 1. The summed E-state index contributed by atoms with van der Waals surface area (Å²) in [6.45, 7) is 3.48. The van der Waals surface area contributed by atoms with Crippen molar-refractivity contribution in [2.24, 2.45) is 5.73 Å². The minimum atomic E-state index is -0.505. The Morgan fingerprint density at radius 2 is 2.21 bits per heavy atom. The SMILES string of the molecule is CC(N)C(=O)NC(C)c1cnccn1. The van der Waals surface area contributed by atoms with Gasteiger partial charge >= 0.3 is 0 Å². The molecule has 2 unspecified atom stereocenters. The molecule has 0 radical (unpaired) electrons. The number of amides is 1. The van der Waals surface area contributed by atoms with E-state index in [9.17, 15) is 4.79 Å². The summed E-state index contributed by atoms with van der Waals surface area (Å²) in [5.74, 6) is -0.192. The van der Waals surface area contributed by atoms with Gasteiger partial charge in [-0.05, 0) is 13.8 Å². The molecule has 0 aliphatic carbocycles. The van der Waals surface area contributed by atoms with Gasteiger partial charge < -0.3 is 11.1 Å². The van der Waals surface area contributed by atoms with Crippen LogP contribution in [0.4, 0.5) is 0 Å². The lowest BCUT2D eigenvalue weighted by Gasteiger charge is -2.14. The van der Waals surface area contributed by atoms with Crippen LogP contribution in [0.3, 0.4) is 0 Å². The van der Waals surface area contributed by atoms with Gasteiger partial charge in [0.05, 0.1) is 24.0 Å². The zero-order valence-corrected chi connectivity index (χ0v) is 8.27. The Hall–Kier alpha value is -1.49. The predicted octanol–water partition coefficient (Wildman–Crippen LogP) is 0.001000. The fraction of sp³-hybridized carbons (Fsp3) is 0.444. The molecule has 5 heteroatoms. The maximum Gasteiger partial charge on any atom is 0.237 e. The first-order valence-electron chi connectivity index (χ1n) is 4.43. The molecular formula is C9H14N4O. The van der Waals surface area contributed by atoms with Crippen LogP contribution in [0.15, 0.2) is 18.6 Å². The van der Waals surface area contributed by atoms with E-state index in [1.165, 1.54) is 0 Å². The van der Waals surface area contributed by atoms with E-state index in [2.05, 4.69) is 15.3 Å². The molecule has 1 heterocycles. The molecule has 1 aromatic heterocycles. The predicted molar refractivity (Wildman–Crippen MR) is 52.2 cm³/mol. The third-order valence-corrected chi connectivity index (χ3v) is 1.80. The average molecular weight is 194 g/mol. The zero-order chi connectivity index (χ0) is 10.6. The van der Waals surface area contributed by atoms with Crippen molar-refractivity contribution >= 4 is 5.91 Å². The van der Waals surface area contributed by atoms with E-state index in [4.69, 9.17) is 5.73 Å². The highest BCUT2D eigenvalue weighted by atomic mass is 16.2. The highest BCUT2D eigenvalue weighted by Gasteiger charge is 2.13. The Balaban J connectivity index is 2.59. The molecule has 1 amide bonds. The van der Waals surface area contributed by atoms with E-state index >= 15 is 0 Å². The van der Waals surface area contributed by atoms with Gasteiger partial charge in [0.2, 0.25) is 5.91 Å². The van der Waals surface area contributed by atoms with Gasteiger partial charge in [0, 0.05) is 12.4 Å². The number of hydrogen-bond donors (Lipinski definition) is 2. The van der Waals surface area contributed by atoms with Crippen molar-refractivity contribution in [1.82, 2.24) is 15.3 Å². The van der Waals surface area contributed by atoms with E-state index in [0.717, 1.165) is 5.69 Å². The number of carbonyl (C=O) groups is 1. The minimum absolute atomic E-state index is 0.165. The number of nitrogens with zero attached hydrogens (tertiary/aromatic N) is 2. The Kier molecular flexibility index (Phi) is 3.53. The largest absolute Gasteiger partial charge is 0.347 e. The van der Waals surface area contributed by atoms with Crippen LogP contribution in [-0.2, 0) is 4.79 Å². The van der Waals surface area contributed by atoms with Crippen molar-refractivity contribution in [1.29, 1.82) is 0 Å². The molecule has 0 aliphatic heterocycles. The molecule has 0 saturated carbocycles. The molecule has 0 fully saturated rings. The maximum atomic E-state index is 11.2. The minimum Gasteiger partial charge on any atom is -0.347 e. The normalized spacial score (nSPS) is 14.5. The molecule has 0 spiro atoms. The quantitative estimate of drug-likeness (QED) is 0.709. The highest BCUT2D eigenvalue weighted by molar-refractivity contribution is 5.81. The molecule has 0 bridgehead atoms. The summed E-state index contributed by atoms with van der Waals surface area (Å²) in [6.07, 6.45) is 4.79. The van der Waals surface area contributed by atoms with Crippen molar-refractivity contribution in [3.05, 3.63) is 24.3 Å².